The first-order valence-corrected chi connectivity index (χ1v) is 7.60. The molecular formula is C17H13F3N4O3. The number of carboxylic acid groups (broad SMARTS) is 1. The molecule has 2 heterocycles. The lowest BCUT2D eigenvalue weighted by Crippen LogP contribution is -2.13. The molecule has 2 aromatic heterocycles. The number of furan rings is 1. The average molecular weight is 378 g/mol. The summed E-state index contributed by atoms with van der Waals surface area (Å²) in [6, 6.07) is 7.70. The number of anilines is 2. The fourth-order valence-electron chi connectivity index (χ4n) is 2.44. The first-order valence-electron chi connectivity index (χ1n) is 7.60. The molecule has 7 nitrogen and oxygen atoms in total. The minimum absolute atomic E-state index is 0.0356. The maximum atomic E-state index is 12.8. The third-order valence-electron chi connectivity index (χ3n) is 3.61. The number of hydrogen-bond acceptors (Lipinski definition) is 6. The summed E-state index contributed by atoms with van der Waals surface area (Å²) in [5.41, 5.74) is 4.79. The Balaban J connectivity index is 1.95. The molecule has 0 bridgehead atoms. The molecule has 3 rings (SSSR count). The molecule has 0 radical (unpaired) electrons. The highest BCUT2D eigenvalue weighted by molar-refractivity contribution is 5.99. The highest BCUT2D eigenvalue weighted by Gasteiger charge is 2.30. The third-order valence-corrected chi connectivity index (χ3v) is 3.61. The Morgan fingerprint density at radius 2 is 2.00 bits per heavy atom. The van der Waals surface area contributed by atoms with Gasteiger partial charge in [0, 0.05) is 6.54 Å². The second kappa shape index (κ2) is 6.98. The van der Waals surface area contributed by atoms with Gasteiger partial charge in [-0.25, -0.2) is 9.78 Å². The van der Waals surface area contributed by atoms with Crippen LogP contribution in [-0.2, 0) is 12.7 Å². The van der Waals surface area contributed by atoms with E-state index < -0.39 is 17.7 Å². The van der Waals surface area contributed by atoms with Crippen LogP contribution in [0.25, 0.3) is 11.5 Å². The van der Waals surface area contributed by atoms with E-state index in [2.05, 4.69) is 15.3 Å². The van der Waals surface area contributed by atoms with Crippen molar-refractivity contribution in [2.75, 3.05) is 11.1 Å². The Kier molecular flexibility index (Phi) is 4.72. The number of hydrogen-bond donors (Lipinski definition) is 3. The van der Waals surface area contributed by atoms with Crippen molar-refractivity contribution in [3.8, 4) is 11.5 Å². The van der Waals surface area contributed by atoms with E-state index in [0.717, 1.165) is 12.1 Å². The van der Waals surface area contributed by atoms with Crippen LogP contribution in [0.5, 0.6) is 0 Å². The molecule has 0 aliphatic carbocycles. The van der Waals surface area contributed by atoms with Crippen molar-refractivity contribution in [3.05, 3.63) is 59.4 Å². The van der Waals surface area contributed by atoms with Crippen molar-refractivity contribution in [3.63, 3.8) is 0 Å². The highest BCUT2D eigenvalue weighted by atomic mass is 19.4. The Bertz CT molecular complexity index is 972. The minimum atomic E-state index is -4.48. The predicted molar refractivity (Wildman–Crippen MR) is 89.9 cm³/mol. The summed E-state index contributed by atoms with van der Waals surface area (Å²) in [5, 5.41) is 12.2. The van der Waals surface area contributed by atoms with Crippen molar-refractivity contribution in [2.45, 2.75) is 12.7 Å². The monoisotopic (exact) mass is 378 g/mol. The molecule has 4 N–H and O–H groups in total. The van der Waals surface area contributed by atoms with Gasteiger partial charge in [-0.3, -0.25) is 0 Å². The zero-order valence-corrected chi connectivity index (χ0v) is 13.6. The van der Waals surface area contributed by atoms with Gasteiger partial charge in [-0.1, -0.05) is 12.1 Å². The molecule has 1 aromatic carbocycles. The number of rotatable bonds is 5. The van der Waals surface area contributed by atoms with E-state index in [0.29, 0.717) is 0 Å². The van der Waals surface area contributed by atoms with Gasteiger partial charge in [0.2, 0.25) is 5.95 Å². The van der Waals surface area contributed by atoms with Gasteiger partial charge in [0.15, 0.2) is 5.76 Å². The standard InChI is InChI=1S/C17H13F3N4O3/c18-17(19,20)10-4-1-3-9(7-10)8-22-14-12(15(25)26)13(23-16(21)24-14)11-5-2-6-27-11/h1-7H,8H2,(H,25,26)(H3,21,22,23,24). The van der Waals surface area contributed by atoms with E-state index in [4.69, 9.17) is 10.2 Å². The fourth-order valence-corrected chi connectivity index (χ4v) is 2.44. The summed E-state index contributed by atoms with van der Waals surface area (Å²) in [4.78, 5) is 19.5. The normalized spacial score (nSPS) is 11.4. The molecule has 0 amide bonds. The average Bonchev–Trinajstić information content (AvgIpc) is 3.13. The van der Waals surface area contributed by atoms with Gasteiger partial charge in [0.1, 0.15) is 17.1 Å². The molecule has 27 heavy (non-hydrogen) atoms. The van der Waals surface area contributed by atoms with Crippen molar-refractivity contribution in [1.29, 1.82) is 0 Å². The molecule has 0 aliphatic heterocycles. The Hall–Kier alpha value is -3.56. The number of carbonyl (C=O) groups is 1. The molecule has 0 unspecified atom stereocenters. The van der Waals surface area contributed by atoms with E-state index in [1.807, 2.05) is 0 Å². The number of nitrogens with two attached hydrogens (primary N) is 1. The van der Waals surface area contributed by atoms with Crippen LogP contribution in [0.1, 0.15) is 21.5 Å². The molecule has 10 heteroatoms. The van der Waals surface area contributed by atoms with Gasteiger partial charge >= 0.3 is 12.1 Å². The molecule has 0 saturated heterocycles. The molecule has 0 saturated carbocycles. The molecule has 0 aliphatic rings. The van der Waals surface area contributed by atoms with E-state index in [9.17, 15) is 23.1 Å². The maximum absolute atomic E-state index is 12.8. The summed E-state index contributed by atoms with van der Waals surface area (Å²) < 4.78 is 43.6. The largest absolute Gasteiger partial charge is 0.477 e. The van der Waals surface area contributed by atoms with Crippen LogP contribution in [0.15, 0.2) is 47.1 Å². The number of aromatic nitrogens is 2. The Labute approximate surface area is 150 Å². The number of alkyl halides is 3. The van der Waals surface area contributed by atoms with Gasteiger partial charge < -0.3 is 20.6 Å². The van der Waals surface area contributed by atoms with Crippen LogP contribution in [-0.4, -0.2) is 21.0 Å². The molecular weight excluding hydrogens is 365 g/mol. The highest BCUT2D eigenvalue weighted by Crippen LogP contribution is 2.30. The number of nitrogens with zero attached hydrogens (tertiary/aromatic N) is 2. The molecule has 0 atom stereocenters. The Morgan fingerprint density at radius 1 is 1.22 bits per heavy atom. The van der Waals surface area contributed by atoms with E-state index in [1.165, 1.54) is 24.5 Å². The predicted octanol–water partition coefficient (Wildman–Crippen LogP) is 3.65. The van der Waals surface area contributed by atoms with Crippen molar-refractivity contribution in [1.82, 2.24) is 9.97 Å². The second-order valence-corrected chi connectivity index (χ2v) is 5.49. The van der Waals surface area contributed by atoms with Crippen LogP contribution >= 0.6 is 0 Å². The topological polar surface area (TPSA) is 114 Å². The van der Waals surface area contributed by atoms with Crippen LogP contribution in [0.3, 0.4) is 0 Å². The lowest BCUT2D eigenvalue weighted by atomic mass is 10.1. The minimum Gasteiger partial charge on any atom is -0.477 e. The van der Waals surface area contributed by atoms with Crippen LogP contribution in [0.2, 0.25) is 0 Å². The van der Waals surface area contributed by atoms with Crippen molar-refractivity contribution in [2.24, 2.45) is 0 Å². The quantitative estimate of drug-likeness (QED) is 0.621. The number of nitrogen functional groups attached to an aromatic ring is 1. The van der Waals surface area contributed by atoms with Gasteiger partial charge in [-0.05, 0) is 29.8 Å². The fraction of sp³-hybridized carbons (Fsp3) is 0.118. The van der Waals surface area contributed by atoms with Gasteiger partial charge in [0.05, 0.1) is 11.8 Å². The molecule has 0 spiro atoms. The van der Waals surface area contributed by atoms with Crippen LogP contribution in [0, 0.1) is 0 Å². The second-order valence-electron chi connectivity index (χ2n) is 5.49. The molecule has 140 valence electrons. The number of nitrogens with one attached hydrogen (secondary N) is 1. The Morgan fingerprint density at radius 3 is 2.63 bits per heavy atom. The van der Waals surface area contributed by atoms with Gasteiger partial charge in [-0.15, -0.1) is 0 Å². The summed E-state index contributed by atoms with van der Waals surface area (Å²) in [7, 11) is 0. The van der Waals surface area contributed by atoms with E-state index in [1.54, 1.807) is 6.07 Å². The summed E-state index contributed by atoms with van der Waals surface area (Å²) >= 11 is 0. The van der Waals surface area contributed by atoms with Crippen molar-refractivity contribution < 1.29 is 27.5 Å². The number of benzene rings is 1. The third kappa shape index (κ3) is 4.00. The maximum Gasteiger partial charge on any atom is 0.416 e. The SMILES string of the molecule is Nc1nc(NCc2cccc(C(F)(F)F)c2)c(C(=O)O)c(-c2ccco2)n1. The zero-order chi connectivity index (χ0) is 19.6. The molecule has 3 aromatic rings. The number of carboxylic acids is 1. The first kappa shape index (κ1) is 18.2. The first-order chi connectivity index (χ1) is 12.8. The van der Waals surface area contributed by atoms with E-state index in [-0.39, 0.29) is 40.9 Å². The smallest absolute Gasteiger partial charge is 0.416 e. The summed E-state index contributed by atoms with van der Waals surface area (Å²) in [6.07, 6.45) is -3.14. The van der Waals surface area contributed by atoms with Crippen molar-refractivity contribution >= 4 is 17.7 Å². The summed E-state index contributed by atoms with van der Waals surface area (Å²) in [6.45, 7) is -0.0990. The lowest BCUT2D eigenvalue weighted by molar-refractivity contribution is -0.137. The lowest BCUT2D eigenvalue weighted by Gasteiger charge is -2.13. The number of halogens is 3. The summed E-state index contributed by atoms with van der Waals surface area (Å²) in [5.74, 6) is -1.51. The molecule has 0 fully saturated rings. The van der Waals surface area contributed by atoms with E-state index >= 15 is 0 Å². The zero-order valence-electron chi connectivity index (χ0n) is 13.6. The van der Waals surface area contributed by atoms with Gasteiger partial charge in [0.25, 0.3) is 0 Å². The van der Waals surface area contributed by atoms with Gasteiger partial charge in [-0.2, -0.15) is 18.2 Å². The van der Waals surface area contributed by atoms with Crippen LogP contribution < -0.4 is 11.1 Å². The number of aromatic carboxylic acids is 1. The van der Waals surface area contributed by atoms with Crippen LogP contribution in [0.4, 0.5) is 24.9 Å².